The lowest BCUT2D eigenvalue weighted by Crippen LogP contribution is -1.96. The normalized spacial score (nSPS) is 10.5. The smallest absolute Gasteiger partial charge is 0.280 e. The van der Waals surface area contributed by atoms with Gasteiger partial charge in [0.15, 0.2) is 11.5 Å². The molecule has 94 valence electrons. The van der Waals surface area contributed by atoms with Crippen molar-refractivity contribution in [2.45, 2.75) is 0 Å². The van der Waals surface area contributed by atoms with Crippen LogP contribution in [-0.2, 0) is 0 Å². The predicted molar refractivity (Wildman–Crippen MR) is 66.8 cm³/mol. The van der Waals surface area contributed by atoms with Gasteiger partial charge in [-0.15, -0.1) is 0 Å². The Hall–Kier alpha value is -2.96. The second-order valence-electron chi connectivity index (χ2n) is 3.76. The van der Waals surface area contributed by atoms with Gasteiger partial charge >= 0.3 is 0 Å². The van der Waals surface area contributed by atoms with Gasteiger partial charge in [0.25, 0.3) is 5.89 Å². The number of hydrogen-bond acceptors (Lipinski definition) is 7. The maximum Gasteiger partial charge on any atom is 0.280 e. The molecule has 0 bridgehead atoms. The Balaban J connectivity index is 2.03. The van der Waals surface area contributed by atoms with Crippen LogP contribution in [0.2, 0.25) is 0 Å². The molecule has 19 heavy (non-hydrogen) atoms. The molecule has 0 aliphatic carbocycles. The minimum absolute atomic E-state index is 0.128. The topological polar surface area (TPSA) is 111 Å². The maximum absolute atomic E-state index is 9.41. The first-order valence-corrected chi connectivity index (χ1v) is 5.44. The molecular weight excluding hydrogens is 246 g/mol. The summed E-state index contributed by atoms with van der Waals surface area (Å²) in [6.45, 7) is 0. The van der Waals surface area contributed by atoms with E-state index in [0.717, 1.165) is 0 Å². The Bertz CT molecular complexity index is 725. The van der Waals surface area contributed by atoms with Crippen LogP contribution < -0.4 is 5.73 Å². The van der Waals surface area contributed by atoms with Gasteiger partial charge in [0.1, 0.15) is 5.75 Å². The number of nitrogens with zero attached hydrogens (tertiary/aromatic N) is 4. The fourth-order valence-corrected chi connectivity index (χ4v) is 1.60. The Kier molecular flexibility index (Phi) is 2.57. The average molecular weight is 255 g/mol. The highest BCUT2D eigenvalue weighted by atomic mass is 16.5. The van der Waals surface area contributed by atoms with Crippen LogP contribution in [0.15, 0.2) is 41.2 Å². The summed E-state index contributed by atoms with van der Waals surface area (Å²) in [4.78, 5) is 12.1. The largest absolute Gasteiger partial charge is 0.508 e. The molecule has 0 radical (unpaired) electrons. The lowest BCUT2D eigenvalue weighted by atomic mass is 10.2. The molecule has 0 saturated heterocycles. The van der Waals surface area contributed by atoms with Crippen LogP contribution in [0.1, 0.15) is 0 Å². The van der Waals surface area contributed by atoms with E-state index < -0.39 is 0 Å². The van der Waals surface area contributed by atoms with E-state index in [2.05, 4.69) is 20.1 Å². The Morgan fingerprint density at radius 2 is 2.00 bits per heavy atom. The molecular formula is C12H9N5O2. The van der Waals surface area contributed by atoms with Crippen molar-refractivity contribution in [2.75, 3.05) is 5.73 Å². The van der Waals surface area contributed by atoms with Gasteiger partial charge in [0.05, 0.1) is 0 Å². The predicted octanol–water partition coefficient (Wildman–Crippen LogP) is 1.48. The van der Waals surface area contributed by atoms with E-state index in [9.17, 15) is 5.11 Å². The van der Waals surface area contributed by atoms with Gasteiger partial charge in [-0.25, -0.2) is 9.97 Å². The molecule has 2 heterocycles. The molecule has 3 N–H and O–H groups in total. The minimum Gasteiger partial charge on any atom is -0.508 e. The number of hydrogen-bond donors (Lipinski definition) is 2. The fraction of sp³-hybridized carbons (Fsp3) is 0. The van der Waals surface area contributed by atoms with Crippen LogP contribution in [0.25, 0.3) is 23.0 Å². The average Bonchev–Trinajstić information content (AvgIpc) is 2.89. The van der Waals surface area contributed by atoms with Gasteiger partial charge in [-0.2, -0.15) is 4.98 Å². The molecule has 3 rings (SSSR count). The number of nitrogens with two attached hydrogens (primary N) is 1. The van der Waals surface area contributed by atoms with E-state index in [1.54, 1.807) is 18.2 Å². The van der Waals surface area contributed by atoms with Crippen LogP contribution in [0.5, 0.6) is 5.75 Å². The van der Waals surface area contributed by atoms with Crippen molar-refractivity contribution in [2.24, 2.45) is 0 Å². The second-order valence-corrected chi connectivity index (χ2v) is 3.76. The van der Waals surface area contributed by atoms with E-state index >= 15 is 0 Å². The van der Waals surface area contributed by atoms with Crippen molar-refractivity contribution in [1.29, 1.82) is 0 Å². The second kappa shape index (κ2) is 4.37. The maximum atomic E-state index is 9.41. The van der Waals surface area contributed by atoms with Gasteiger partial charge in [0.2, 0.25) is 5.82 Å². The number of aromatic nitrogens is 4. The van der Waals surface area contributed by atoms with E-state index in [4.69, 9.17) is 10.3 Å². The zero-order valence-electron chi connectivity index (χ0n) is 9.69. The fourth-order valence-electron chi connectivity index (χ4n) is 1.60. The molecule has 0 fully saturated rings. The third-order valence-electron chi connectivity index (χ3n) is 2.46. The summed E-state index contributed by atoms with van der Waals surface area (Å²) in [6.07, 6.45) is 2.97. The molecule has 0 saturated carbocycles. The number of phenolic OH excluding ortho intramolecular Hbond substituents is 1. The highest BCUT2D eigenvalue weighted by Gasteiger charge is 2.14. The number of nitrogen functional groups attached to an aromatic ring is 1. The highest BCUT2D eigenvalue weighted by molar-refractivity contribution is 5.64. The molecule has 0 amide bonds. The summed E-state index contributed by atoms with van der Waals surface area (Å²) in [5.41, 5.74) is 6.65. The van der Waals surface area contributed by atoms with Gasteiger partial charge in [-0.3, -0.25) is 0 Å². The molecule has 7 heteroatoms. The first-order chi connectivity index (χ1) is 9.24. The van der Waals surface area contributed by atoms with E-state index in [1.807, 2.05) is 0 Å². The molecule has 7 nitrogen and oxygen atoms in total. The molecule has 1 aromatic carbocycles. The number of anilines is 1. The SMILES string of the molecule is Nc1nccnc1-c1nc(-c2cccc(O)c2)no1. The van der Waals surface area contributed by atoms with Crippen LogP contribution in [0.4, 0.5) is 5.82 Å². The van der Waals surface area contributed by atoms with Crippen molar-refractivity contribution >= 4 is 5.82 Å². The molecule has 0 unspecified atom stereocenters. The van der Waals surface area contributed by atoms with Crippen LogP contribution >= 0.6 is 0 Å². The third kappa shape index (κ3) is 2.08. The van der Waals surface area contributed by atoms with Gasteiger partial charge in [0, 0.05) is 18.0 Å². The number of aromatic hydroxyl groups is 1. The first-order valence-electron chi connectivity index (χ1n) is 5.44. The molecule has 3 aromatic rings. The van der Waals surface area contributed by atoms with Crippen molar-refractivity contribution in [3.8, 4) is 28.7 Å². The Morgan fingerprint density at radius 3 is 2.79 bits per heavy atom. The molecule has 0 aliphatic rings. The quantitative estimate of drug-likeness (QED) is 0.713. The van der Waals surface area contributed by atoms with E-state index in [-0.39, 0.29) is 17.5 Å². The number of rotatable bonds is 2. The molecule has 0 spiro atoms. The first kappa shape index (κ1) is 11.1. The Labute approximate surface area is 107 Å². The minimum atomic E-state index is 0.128. The van der Waals surface area contributed by atoms with E-state index in [0.29, 0.717) is 17.1 Å². The van der Waals surface area contributed by atoms with Gasteiger partial charge < -0.3 is 15.4 Å². The summed E-state index contributed by atoms with van der Waals surface area (Å²) >= 11 is 0. The molecule has 2 aromatic heterocycles. The van der Waals surface area contributed by atoms with Crippen molar-refractivity contribution in [3.63, 3.8) is 0 Å². The summed E-state index contributed by atoms with van der Waals surface area (Å²) in [5, 5.41) is 13.2. The van der Waals surface area contributed by atoms with Crippen molar-refractivity contribution < 1.29 is 9.63 Å². The van der Waals surface area contributed by atoms with Gasteiger partial charge in [-0.1, -0.05) is 17.3 Å². The zero-order valence-corrected chi connectivity index (χ0v) is 9.69. The highest BCUT2D eigenvalue weighted by Crippen LogP contribution is 2.24. The standard InChI is InChI=1S/C12H9N5O2/c13-10-9(14-4-5-15-10)12-16-11(17-19-12)7-2-1-3-8(18)6-7/h1-6,18H,(H2,13,15). The van der Waals surface area contributed by atoms with Crippen molar-refractivity contribution in [1.82, 2.24) is 20.1 Å². The Morgan fingerprint density at radius 1 is 1.16 bits per heavy atom. The lowest BCUT2D eigenvalue weighted by Gasteiger charge is -1.96. The summed E-state index contributed by atoms with van der Waals surface area (Å²) in [5.74, 6) is 0.872. The van der Waals surface area contributed by atoms with E-state index in [1.165, 1.54) is 18.5 Å². The third-order valence-corrected chi connectivity index (χ3v) is 2.46. The van der Waals surface area contributed by atoms with Crippen LogP contribution in [-0.4, -0.2) is 25.2 Å². The molecule has 0 atom stereocenters. The zero-order chi connectivity index (χ0) is 13.2. The number of benzene rings is 1. The lowest BCUT2D eigenvalue weighted by molar-refractivity contribution is 0.431. The summed E-state index contributed by atoms with van der Waals surface area (Å²) in [7, 11) is 0. The molecule has 0 aliphatic heterocycles. The summed E-state index contributed by atoms with van der Waals surface area (Å²) in [6, 6.07) is 6.55. The summed E-state index contributed by atoms with van der Waals surface area (Å²) < 4.78 is 5.10. The van der Waals surface area contributed by atoms with Crippen LogP contribution in [0, 0.1) is 0 Å². The monoisotopic (exact) mass is 255 g/mol. The van der Waals surface area contributed by atoms with Gasteiger partial charge in [-0.05, 0) is 12.1 Å². The van der Waals surface area contributed by atoms with Crippen molar-refractivity contribution in [3.05, 3.63) is 36.7 Å². The number of phenols is 1. The van der Waals surface area contributed by atoms with Crippen LogP contribution in [0.3, 0.4) is 0 Å².